The summed E-state index contributed by atoms with van der Waals surface area (Å²) in [6, 6.07) is 0. The SMILES string of the molecule is COCCNC(=O)CNC(=O)CCOC1CCNCC1. The van der Waals surface area contributed by atoms with Gasteiger partial charge in [0, 0.05) is 20.1 Å². The van der Waals surface area contributed by atoms with Gasteiger partial charge in [-0.15, -0.1) is 0 Å². The molecule has 0 aromatic carbocycles. The Labute approximate surface area is 119 Å². The number of nitrogens with one attached hydrogen (secondary N) is 3. The van der Waals surface area contributed by atoms with Crippen LogP contribution in [0.3, 0.4) is 0 Å². The first-order valence-electron chi connectivity index (χ1n) is 7.07. The molecule has 0 aliphatic carbocycles. The van der Waals surface area contributed by atoms with E-state index in [1.54, 1.807) is 7.11 Å². The second-order valence-corrected chi connectivity index (χ2v) is 4.69. The van der Waals surface area contributed by atoms with Crippen LogP contribution in [0.2, 0.25) is 0 Å². The summed E-state index contributed by atoms with van der Waals surface area (Å²) in [7, 11) is 1.57. The monoisotopic (exact) mass is 287 g/mol. The van der Waals surface area contributed by atoms with Gasteiger partial charge in [-0.1, -0.05) is 0 Å². The Hall–Kier alpha value is -1.18. The minimum absolute atomic E-state index is 0.00407. The van der Waals surface area contributed by atoms with Crippen LogP contribution in [0, 0.1) is 0 Å². The van der Waals surface area contributed by atoms with E-state index in [0.29, 0.717) is 19.8 Å². The standard InChI is InChI=1S/C13H25N3O4/c1-19-9-7-15-13(18)10-16-12(17)4-8-20-11-2-5-14-6-3-11/h11,14H,2-10H2,1H3,(H,15,18)(H,16,17). The van der Waals surface area contributed by atoms with Crippen LogP contribution in [0.1, 0.15) is 19.3 Å². The second-order valence-electron chi connectivity index (χ2n) is 4.69. The van der Waals surface area contributed by atoms with Crippen molar-refractivity contribution in [3.05, 3.63) is 0 Å². The molecule has 1 rings (SSSR count). The van der Waals surface area contributed by atoms with Crippen molar-refractivity contribution in [3.8, 4) is 0 Å². The van der Waals surface area contributed by atoms with Crippen LogP contribution in [-0.4, -0.2) is 64.4 Å². The van der Waals surface area contributed by atoms with Crippen molar-refractivity contribution in [1.82, 2.24) is 16.0 Å². The predicted molar refractivity (Wildman–Crippen MR) is 74.4 cm³/mol. The first-order chi connectivity index (χ1) is 9.72. The fourth-order valence-corrected chi connectivity index (χ4v) is 1.90. The number of methoxy groups -OCH3 is 1. The number of ether oxygens (including phenoxy) is 2. The molecular formula is C13H25N3O4. The average Bonchev–Trinajstić information content (AvgIpc) is 2.46. The highest BCUT2D eigenvalue weighted by Gasteiger charge is 2.13. The van der Waals surface area contributed by atoms with Crippen molar-refractivity contribution in [3.63, 3.8) is 0 Å². The molecule has 3 N–H and O–H groups in total. The molecule has 7 nitrogen and oxygen atoms in total. The number of hydrogen-bond acceptors (Lipinski definition) is 5. The van der Waals surface area contributed by atoms with Gasteiger partial charge in [0.05, 0.1) is 25.9 Å². The van der Waals surface area contributed by atoms with Gasteiger partial charge in [-0.05, 0) is 25.9 Å². The number of piperidine rings is 1. The molecule has 1 aliphatic rings. The first kappa shape index (κ1) is 16.9. The van der Waals surface area contributed by atoms with Crippen molar-refractivity contribution >= 4 is 11.8 Å². The Bertz CT molecular complexity index is 293. The topological polar surface area (TPSA) is 88.7 Å². The molecule has 20 heavy (non-hydrogen) atoms. The molecule has 1 fully saturated rings. The van der Waals surface area contributed by atoms with Crippen LogP contribution in [0.15, 0.2) is 0 Å². The molecule has 7 heteroatoms. The molecule has 1 saturated heterocycles. The van der Waals surface area contributed by atoms with E-state index in [9.17, 15) is 9.59 Å². The molecule has 0 radical (unpaired) electrons. The zero-order chi connectivity index (χ0) is 14.6. The normalized spacial score (nSPS) is 15.8. The largest absolute Gasteiger partial charge is 0.383 e. The Morgan fingerprint density at radius 1 is 1.15 bits per heavy atom. The van der Waals surface area contributed by atoms with Gasteiger partial charge in [-0.25, -0.2) is 0 Å². The van der Waals surface area contributed by atoms with Gasteiger partial charge in [0.1, 0.15) is 0 Å². The van der Waals surface area contributed by atoms with Crippen LogP contribution in [0.4, 0.5) is 0 Å². The van der Waals surface area contributed by atoms with Crippen molar-refractivity contribution in [2.24, 2.45) is 0 Å². The Morgan fingerprint density at radius 3 is 2.60 bits per heavy atom. The lowest BCUT2D eigenvalue weighted by molar-refractivity contribution is -0.127. The Kier molecular flexibility index (Phi) is 8.93. The summed E-state index contributed by atoms with van der Waals surface area (Å²) in [4.78, 5) is 22.8. The maximum atomic E-state index is 11.5. The van der Waals surface area contributed by atoms with E-state index in [1.807, 2.05) is 0 Å². The van der Waals surface area contributed by atoms with E-state index in [1.165, 1.54) is 0 Å². The summed E-state index contributed by atoms with van der Waals surface area (Å²) in [6.07, 6.45) is 2.52. The van der Waals surface area contributed by atoms with Gasteiger partial charge >= 0.3 is 0 Å². The van der Waals surface area contributed by atoms with E-state index in [-0.39, 0.29) is 30.9 Å². The summed E-state index contributed by atoms with van der Waals surface area (Å²) in [5.74, 6) is -0.379. The first-order valence-corrected chi connectivity index (χ1v) is 7.07. The zero-order valence-electron chi connectivity index (χ0n) is 12.1. The second kappa shape index (κ2) is 10.6. The van der Waals surface area contributed by atoms with Gasteiger partial charge in [-0.3, -0.25) is 9.59 Å². The molecule has 0 spiro atoms. The summed E-state index contributed by atoms with van der Waals surface area (Å²) < 4.78 is 10.4. The summed E-state index contributed by atoms with van der Waals surface area (Å²) >= 11 is 0. The molecule has 2 amide bonds. The lowest BCUT2D eigenvalue weighted by atomic mass is 10.1. The lowest BCUT2D eigenvalue weighted by Crippen LogP contribution is -2.38. The molecule has 0 aromatic heterocycles. The third kappa shape index (κ3) is 8.08. The third-order valence-electron chi connectivity index (χ3n) is 3.04. The van der Waals surface area contributed by atoms with E-state index < -0.39 is 0 Å². The molecular weight excluding hydrogens is 262 g/mol. The van der Waals surface area contributed by atoms with Crippen LogP contribution in [0.25, 0.3) is 0 Å². The van der Waals surface area contributed by atoms with Gasteiger partial charge < -0.3 is 25.4 Å². The minimum atomic E-state index is -0.213. The summed E-state index contributed by atoms with van der Waals surface area (Å²) in [5, 5.41) is 8.45. The molecule has 116 valence electrons. The highest BCUT2D eigenvalue weighted by Crippen LogP contribution is 2.07. The quantitative estimate of drug-likeness (QED) is 0.475. The van der Waals surface area contributed by atoms with Crippen molar-refractivity contribution < 1.29 is 19.1 Å². The van der Waals surface area contributed by atoms with Gasteiger partial charge in [0.15, 0.2) is 0 Å². The van der Waals surface area contributed by atoms with Crippen LogP contribution in [0.5, 0.6) is 0 Å². The van der Waals surface area contributed by atoms with Crippen molar-refractivity contribution in [2.45, 2.75) is 25.4 Å². The maximum absolute atomic E-state index is 11.5. The highest BCUT2D eigenvalue weighted by molar-refractivity contribution is 5.84. The van der Waals surface area contributed by atoms with Crippen molar-refractivity contribution in [1.29, 1.82) is 0 Å². The van der Waals surface area contributed by atoms with Crippen LogP contribution >= 0.6 is 0 Å². The molecule has 0 atom stereocenters. The average molecular weight is 287 g/mol. The minimum Gasteiger partial charge on any atom is -0.383 e. The molecule has 1 aliphatic heterocycles. The van der Waals surface area contributed by atoms with Gasteiger partial charge in [0.2, 0.25) is 11.8 Å². The number of carbonyl (C=O) groups is 2. The highest BCUT2D eigenvalue weighted by atomic mass is 16.5. The van der Waals surface area contributed by atoms with E-state index in [4.69, 9.17) is 9.47 Å². The van der Waals surface area contributed by atoms with Crippen molar-refractivity contribution in [2.75, 3.05) is 46.5 Å². The number of rotatable bonds is 9. The maximum Gasteiger partial charge on any atom is 0.239 e. The molecule has 0 aromatic rings. The summed E-state index contributed by atoms with van der Waals surface area (Å²) in [5.41, 5.74) is 0. The summed E-state index contributed by atoms with van der Waals surface area (Å²) in [6.45, 7) is 3.25. The Balaban J connectivity index is 1.98. The van der Waals surface area contributed by atoms with Crippen LogP contribution < -0.4 is 16.0 Å². The zero-order valence-corrected chi connectivity index (χ0v) is 12.1. The van der Waals surface area contributed by atoms with E-state index in [0.717, 1.165) is 25.9 Å². The molecule has 1 heterocycles. The molecule has 0 bridgehead atoms. The molecule has 0 saturated carbocycles. The fraction of sp³-hybridized carbons (Fsp3) is 0.846. The fourth-order valence-electron chi connectivity index (χ4n) is 1.90. The third-order valence-corrected chi connectivity index (χ3v) is 3.04. The van der Waals surface area contributed by atoms with E-state index in [2.05, 4.69) is 16.0 Å². The lowest BCUT2D eigenvalue weighted by Gasteiger charge is -2.22. The predicted octanol–water partition coefficient (Wildman–Crippen LogP) is -0.976. The smallest absolute Gasteiger partial charge is 0.239 e. The molecule has 0 unspecified atom stereocenters. The van der Waals surface area contributed by atoms with Gasteiger partial charge in [-0.2, -0.15) is 0 Å². The number of carbonyl (C=O) groups excluding carboxylic acids is 2. The Morgan fingerprint density at radius 2 is 1.90 bits per heavy atom. The van der Waals surface area contributed by atoms with Gasteiger partial charge in [0.25, 0.3) is 0 Å². The number of hydrogen-bond donors (Lipinski definition) is 3. The number of amides is 2. The van der Waals surface area contributed by atoms with Crippen LogP contribution in [-0.2, 0) is 19.1 Å². The van der Waals surface area contributed by atoms with E-state index >= 15 is 0 Å².